The first kappa shape index (κ1) is 31.9. The molecule has 1 N–H and O–H groups in total. The molecular formula is C31H44O4. The molecule has 0 bridgehead atoms. The average Bonchev–Trinajstić information content (AvgIpc) is 2.82. The molecule has 0 aliphatic heterocycles. The van der Waals surface area contributed by atoms with Crippen molar-refractivity contribution in [2.45, 2.75) is 72.8 Å². The summed E-state index contributed by atoms with van der Waals surface area (Å²) in [6.07, 6.45) is 10.4. The lowest BCUT2D eigenvalue weighted by Gasteiger charge is -2.26. The molecule has 1 unspecified atom stereocenters. The molecule has 0 radical (unpaired) electrons. The third-order valence-corrected chi connectivity index (χ3v) is 5.12. The zero-order chi connectivity index (χ0) is 26.9. The fourth-order valence-corrected chi connectivity index (χ4v) is 3.00. The van der Waals surface area contributed by atoms with Crippen LogP contribution in [0.4, 0.5) is 0 Å². The Labute approximate surface area is 213 Å². The van der Waals surface area contributed by atoms with E-state index in [0.29, 0.717) is 5.75 Å². The predicted octanol–water partition coefficient (Wildman–Crippen LogP) is 8.16. The summed E-state index contributed by atoms with van der Waals surface area (Å²) in [6.45, 7) is 17.6. The Morgan fingerprint density at radius 2 is 1.54 bits per heavy atom. The second-order valence-electron chi connectivity index (χ2n) is 8.72. The van der Waals surface area contributed by atoms with Crippen LogP contribution in [0.3, 0.4) is 0 Å². The summed E-state index contributed by atoms with van der Waals surface area (Å²) in [5, 5.41) is 9.36. The summed E-state index contributed by atoms with van der Waals surface area (Å²) >= 11 is 0. The number of methoxy groups -OCH3 is 1. The zero-order valence-corrected chi connectivity index (χ0v) is 22.8. The van der Waals surface area contributed by atoms with Crippen LogP contribution in [0.2, 0.25) is 0 Å². The molecule has 2 aromatic rings. The number of carbonyl (C=O) groups excluding carboxylic acids is 1. The van der Waals surface area contributed by atoms with Crippen molar-refractivity contribution >= 4 is 5.97 Å². The summed E-state index contributed by atoms with van der Waals surface area (Å²) in [5.41, 5.74) is 3.24. The number of phenolic OH excluding ortho intramolecular Hbond substituents is 1. The van der Waals surface area contributed by atoms with Crippen LogP contribution in [-0.4, -0.2) is 24.3 Å². The van der Waals surface area contributed by atoms with Gasteiger partial charge < -0.3 is 14.6 Å². The van der Waals surface area contributed by atoms with E-state index < -0.39 is 0 Å². The minimum Gasteiger partial charge on any atom is -0.508 e. The lowest BCUT2D eigenvalue weighted by molar-refractivity contribution is -0.131. The van der Waals surface area contributed by atoms with Crippen molar-refractivity contribution in [1.29, 1.82) is 0 Å². The maximum Gasteiger partial charge on any atom is 0.308 e. The van der Waals surface area contributed by atoms with Crippen LogP contribution < -0.4 is 4.74 Å². The third-order valence-electron chi connectivity index (χ3n) is 5.12. The van der Waals surface area contributed by atoms with Crippen LogP contribution in [0.1, 0.15) is 72.4 Å². The Kier molecular flexibility index (Phi) is 15.8. The van der Waals surface area contributed by atoms with E-state index in [1.807, 2.05) is 56.3 Å². The molecule has 1 atom stereocenters. The quantitative estimate of drug-likeness (QED) is 0.235. The second kappa shape index (κ2) is 17.3. The lowest BCUT2D eigenvalue weighted by Crippen LogP contribution is -2.18. The minimum atomic E-state index is -0.324. The van der Waals surface area contributed by atoms with Crippen molar-refractivity contribution in [3.63, 3.8) is 0 Å². The van der Waals surface area contributed by atoms with Gasteiger partial charge in [0.1, 0.15) is 11.5 Å². The molecule has 35 heavy (non-hydrogen) atoms. The Balaban J connectivity index is 0.000000660. The maximum absolute atomic E-state index is 10.9. The van der Waals surface area contributed by atoms with Gasteiger partial charge in [-0.15, -0.1) is 0 Å². The first-order valence-corrected chi connectivity index (χ1v) is 12.1. The second-order valence-corrected chi connectivity index (χ2v) is 8.72. The fraction of sp³-hybridized carbons (Fsp3) is 0.387. The van der Waals surface area contributed by atoms with Gasteiger partial charge in [0.25, 0.3) is 0 Å². The van der Waals surface area contributed by atoms with E-state index in [9.17, 15) is 9.90 Å². The Morgan fingerprint density at radius 3 is 1.94 bits per heavy atom. The standard InChI is InChI=1S/C17H18O3.C11H18O.C3H8/c1-12(18)20-16-10-6-14(7-11-16)17(2,3)13-4-8-15(19)9-5-13;1-5-7-8-11(6-2)9-10(3)12-4;1-3-2/h4-11,19H,1-3H3;5-8,10H,2,9H2,1,3-4H3;3H2,1-2H3/b;7-5-,11-8+;. The van der Waals surface area contributed by atoms with E-state index in [-0.39, 0.29) is 23.2 Å². The number of ether oxygens (including phenoxy) is 2. The Hall–Kier alpha value is -3.11. The van der Waals surface area contributed by atoms with Gasteiger partial charge in [0.05, 0.1) is 6.10 Å². The van der Waals surface area contributed by atoms with Crippen LogP contribution in [0.25, 0.3) is 0 Å². The monoisotopic (exact) mass is 480 g/mol. The summed E-state index contributed by atoms with van der Waals surface area (Å²) in [5.74, 6) is 0.480. The van der Waals surface area contributed by atoms with Gasteiger partial charge in [0.15, 0.2) is 0 Å². The topological polar surface area (TPSA) is 55.8 Å². The molecule has 0 saturated heterocycles. The average molecular weight is 481 g/mol. The zero-order valence-electron chi connectivity index (χ0n) is 22.8. The van der Waals surface area contributed by atoms with Crippen molar-refractivity contribution in [2.75, 3.05) is 7.11 Å². The van der Waals surface area contributed by atoms with E-state index in [0.717, 1.165) is 17.5 Å². The molecule has 2 aromatic carbocycles. The SMILES string of the molecule is C=C/C(=C\C=C/C)CC(C)OC.CC(=O)Oc1ccc(C(C)(C)c2ccc(O)cc2)cc1.CCC. The van der Waals surface area contributed by atoms with Crippen molar-refractivity contribution in [1.82, 2.24) is 0 Å². The van der Waals surface area contributed by atoms with Crippen molar-refractivity contribution in [2.24, 2.45) is 0 Å². The largest absolute Gasteiger partial charge is 0.508 e. The van der Waals surface area contributed by atoms with Gasteiger partial charge in [-0.25, -0.2) is 0 Å². The summed E-state index contributed by atoms with van der Waals surface area (Å²) in [7, 11) is 1.72. The first-order chi connectivity index (χ1) is 16.5. The molecule has 0 aliphatic rings. The van der Waals surface area contributed by atoms with E-state index in [4.69, 9.17) is 9.47 Å². The number of aromatic hydroxyl groups is 1. The van der Waals surface area contributed by atoms with Crippen LogP contribution in [-0.2, 0) is 14.9 Å². The fourth-order valence-electron chi connectivity index (χ4n) is 3.00. The highest BCUT2D eigenvalue weighted by atomic mass is 16.5. The molecule has 0 aliphatic carbocycles. The molecule has 0 amide bonds. The summed E-state index contributed by atoms with van der Waals surface area (Å²) < 4.78 is 10.2. The highest BCUT2D eigenvalue weighted by Crippen LogP contribution is 2.33. The van der Waals surface area contributed by atoms with Crippen LogP contribution in [0.5, 0.6) is 11.5 Å². The number of benzene rings is 2. The lowest BCUT2D eigenvalue weighted by atomic mass is 9.78. The van der Waals surface area contributed by atoms with Crippen LogP contribution >= 0.6 is 0 Å². The predicted molar refractivity (Wildman–Crippen MR) is 148 cm³/mol. The first-order valence-electron chi connectivity index (χ1n) is 12.1. The molecule has 0 fully saturated rings. The van der Waals surface area contributed by atoms with Gasteiger partial charge in [-0.2, -0.15) is 0 Å². The molecule has 4 nitrogen and oxygen atoms in total. The van der Waals surface area contributed by atoms with Crippen LogP contribution in [0, 0.1) is 0 Å². The minimum absolute atomic E-state index is 0.192. The van der Waals surface area contributed by atoms with Crippen molar-refractivity contribution in [3.05, 3.63) is 96.1 Å². The van der Waals surface area contributed by atoms with E-state index in [1.54, 1.807) is 31.4 Å². The molecule has 4 heteroatoms. The van der Waals surface area contributed by atoms with Gasteiger partial charge in [-0.05, 0) is 61.2 Å². The highest BCUT2D eigenvalue weighted by molar-refractivity contribution is 5.69. The highest BCUT2D eigenvalue weighted by Gasteiger charge is 2.23. The smallest absolute Gasteiger partial charge is 0.308 e. The normalized spacial score (nSPS) is 12.1. The Morgan fingerprint density at radius 1 is 1.06 bits per heavy atom. The summed E-state index contributed by atoms with van der Waals surface area (Å²) in [4.78, 5) is 10.9. The number of esters is 1. The van der Waals surface area contributed by atoms with Gasteiger partial charge in [0.2, 0.25) is 0 Å². The van der Waals surface area contributed by atoms with Crippen molar-refractivity contribution in [3.8, 4) is 11.5 Å². The number of allylic oxidation sites excluding steroid dienone is 4. The van der Waals surface area contributed by atoms with Crippen LogP contribution in [0.15, 0.2) is 85.0 Å². The molecule has 0 saturated carbocycles. The number of carbonyl (C=O) groups is 1. The van der Waals surface area contributed by atoms with Gasteiger partial charge >= 0.3 is 5.97 Å². The van der Waals surface area contributed by atoms with Gasteiger partial charge in [-0.3, -0.25) is 4.79 Å². The third kappa shape index (κ3) is 12.8. The molecule has 192 valence electrons. The molecule has 2 rings (SSSR count). The number of rotatable bonds is 8. The number of hydrogen-bond acceptors (Lipinski definition) is 4. The van der Waals surface area contributed by atoms with E-state index in [1.165, 1.54) is 18.9 Å². The molecule has 0 spiro atoms. The number of hydrogen-bond donors (Lipinski definition) is 1. The van der Waals surface area contributed by atoms with E-state index in [2.05, 4.69) is 40.3 Å². The molecular weight excluding hydrogens is 436 g/mol. The van der Waals surface area contributed by atoms with E-state index >= 15 is 0 Å². The van der Waals surface area contributed by atoms with Crippen molar-refractivity contribution < 1.29 is 19.4 Å². The van der Waals surface area contributed by atoms with Gasteiger partial charge in [-0.1, -0.05) is 89.3 Å². The molecule has 0 heterocycles. The molecule has 0 aromatic heterocycles. The Bertz CT molecular complexity index is 919. The number of phenols is 1. The van der Waals surface area contributed by atoms with Gasteiger partial charge in [0, 0.05) is 19.4 Å². The maximum atomic E-state index is 10.9. The summed E-state index contributed by atoms with van der Waals surface area (Å²) in [6, 6.07) is 14.7.